The van der Waals surface area contributed by atoms with Gasteiger partial charge in [0.15, 0.2) is 11.5 Å². The van der Waals surface area contributed by atoms with Crippen LogP contribution in [0.1, 0.15) is 46.1 Å². The molecule has 0 unspecified atom stereocenters. The molecule has 4 heterocycles. The molecule has 6 aromatic rings. The number of aryl methyl sites for hydroxylation is 1. The third-order valence-electron chi connectivity index (χ3n) is 7.32. The lowest BCUT2D eigenvalue weighted by molar-refractivity contribution is 0.0953. The van der Waals surface area contributed by atoms with Crippen molar-refractivity contribution in [2.75, 3.05) is 12.3 Å². The Hall–Kier alpha value is -5.58. The lowest BCUT2D eigenvalue weighted by Crippen LogP contribution is -2.32. The fourth-order valence-corrected chi connectivity index (χ4v) is 4.97. The first-order chi connectivity index (χ1) is 20.3. The average molecular weight is 560 g/mol. The van der Waals surface area contributed by atoms with Gasteiger partial charge in [-0.15, -0.1) is 5.10 Å². The molecular formula is C31H29N9O2. The summed E-state index contributed by atoms with van der Waals surface area (Å²) in [5, 5.41) is 7.60. The Labute approximate surface area is 241 Å². The maximum Gasteiger partial charge on any atom is 0.266 e. The highest BCUT2D eigenvalue weighted by molar-refractivity contribution is 6.04. The summed E-state index contributed by atoms with van der Waals surface area (Å²) in [5.41, 5.74) is 9.33. The molecule has 4 aromatic heterocycles. The van der Waals surface area contributed by atoms with Gasteiger partial charge in [-0.1, -0.05) is 43.3 Å². The molecule has 0 saturated carbocycles. The third kappa shape index (κ3) is 4.70. The lowest BCUT2D eigenvalue weighted by Gasteiger charge is -2.19. The van der Waals surface area contributed by atoms with Crippen LogP contribution in [0.4, 0.5) is 5.82 Å². The van der Waals surface area contributed by atoms with Crippen molar-refractivity contribution in [1.29, 1.82) is 0 Å². The molecule has 0 radical (unpaired) electrons. The molecule has 11 heteroatoms. The highest BCUT2D eigenvalue weighted by Gasteiger charge is 2.23. The first kappa shape index (κ1) is 26.6. The van der Waals surface area contributed by atoms with Crippen molar-refractivity contribution in [2.24, 2.45) is 7.05 Å². The number of benzene rings is 2. The van der Waals surface area contributed by atoms with E-state index in [1.165, 1.54) is 4.52 Å². The van der Waals surface area contributed by atoms with Crippen molar-refractivity contribution < 1.29 is 4.79 Å². The maximum atomic E-state index is 14.2. The minimum absolute atomic E-state index is 0.0887. The monoisotopic (exact) mass is 559 g/mol. The highest BCUT2D eigenvalue weighted by atomic mass is 16.2. The molecule has 1 amide bonds. The summed E-state index contributed by atoms with van der Waals surface area (Å²) >= 11 is 0. The van der Waals surface area contributed by atoms with Crippen LogP contribution < -0.4 is 16.6 Å². The maximum absolute atomic E-state index is 14.2. The highest BCUT2D eigenvalue weighted by Crippen LogP contribution is 2.23. The number of fused-ring (bicyclic) bond motifs is 2. The van der Waals surface area contributed by atoms with E-state index in [1.807, 2.05) is 86.1 Å². The SMILES string of the molecule is Cc1ncc(/C=C/c2cccc3nc([C@@H](C)CNC(=O)c4c(N)nn5cccnc45)n(-c4ccccc4)c(=O)c23)n1C. The summed E-state index contributed by atoms with van der Waals surface area (Å²) in [6.07, 6.45) is 8.90. The number of nitrogen functional groups attached to an aromatic ring is 1. The van der Waals surface area contributed by atoms with E-state index in [0.717, 1.165) is 17.1 Å². The van der Waals surface area contributed by atoms with Crippen LogP contribution in [0.5, 0.6) is 0 Å². The standard InChI is InChI=1S/C31H29N9O2/c1-19(17-35-30(41)26-27(32)37-39-16-8-15-33-29(26)39)28-36-24-12-7-9-21(13-14-23-18-34-20(2)38(23)3)25(24)31(42)40(28)22-10-5-4-6-11-22/h4-16,18-19H,17H2,1-3H3,(H2,32,37)(H,35,41)/b14-13+/t19-/m0/s1. The molecule has 3 N–H and O–H groups in total. The Bertz CT molecular complexity index is 2040. The summed E-state index contributed by atoms with van der Waals surface area (Å²) < 4.78 is 5.07. The fraction of sp³-hybridized carbons (Fsp3) is 0.161. The minimum atomic E-state index is -0.403. The Morgan fingerprint density at radius 3 is 2.64 bits per heavy atom. The lowest BCUT2D eigenvalue weighted by atomic mass is 10.1. The minimum Gasteiger partial charge on any atom is -0.381 e. The quantitative estimate of drug-likeness (QED) is 0.304. The van der Waals surface area contributed by atoms with Crippen LogP contribution in [0.2, 0.25) is 0 Å². The summed E-state index contributed by atoms with van der Waals surface area (Å²) in [6.45, 7) is 4.05. The predicted molar refractivity (Wildman–Crippen MR) is 162 cm³/mol. The molecule has 42 heavy (non-hydrogen) atoms. The second-order valence-electron chi connectivity index (χ2n) is 10.1. The van der Waals surface area contributed by atoms with Gasteiger partial charge in [0.25, 0.3) is 11.5 Å². The number of hydrogen-bond acceptors (Lipinski definition) is 7. The van der Waals surface area contributed by atoms with Gasteiger partial charge in [0.1, 0.15) is 17.2 Å². The molecule has 2 aromatic carbocycles. The Balaban J connectivity index is 1.39. The van der Waals surface area contributed by atoms with Crippen LogP contribution in [0.25, 0.3) is 34.4 Å². The third-order valence-corrected chi connectivity index (χ3v) is 7.32. The van der Waals surface area contributed by atoms with Gasteiger partial charge >= 0.3 is 0 Å². The van der Waals surface area contributed by atoms with Gasteiger partial charge in [0, 0.05) is 31.9 Å². The zero-order chi connectivity index (χ0) is 29.4. The number of anilines is 1. The zero-order valence-electron chi connectivity index (χ0n) is 23.4. The Kier molecular flexibility index (Phi) is 6.83. The smallest absolute Gasteiger partial charge is 0.266 e. The van der Waals surface area contributed by atoms with Gasteiger partial charge < -0.3 is 15.6 Å². The number of imidazole rings is 1. The van der Waals surface area contributed by atoms with E-state index in [2.05, 4.69) is 20.4 Å². The van der Waals surface area contributed by atoms with E-state index in [4.69, 9.17) is 10.7 Å². The van der Waals surface area contributed by atoms with Crippen LogP contribution in [-0.4, -0.2) is 46.2 Å². The molecule has 0 fully saturated rings. The molecule has 0 spiro atoms. The molecule has 0 saturated heterocycles. The Morgan fingerprint density at radius 2 is 1.88 bits per heavy atom. The summed E-state index contributed by atoms with van der Waals surface area (Å²) in [5.74, 6) is 0.769. The van der Waals surface area contributed by atoms with Crippen molar-refractivity contribution >= 4 is 40.4 Å². The number of nitrogens with zero attached hydrogens (tertiary/aromatic N) is 7. The fourth-order valence-electron chi connectivity index (χ4n) is 4.97. The van der Waals surface area contributed by atoms with Crippen LogP contribution in [0.15, 0.2) is 78.0 Å². The molecular weight excluding hydrogens is 530 g/mol. The van der Waals surface area contributed by atoms with Crippen LogP contribution in [0, 0.1) is 6.92 Å². The molecule has 11 nitrogen and oxygen atoms in total. The van der Waals surface area contributed by atoms with Gasteiger partial charge in [-0.2, -0.15) is 0 Å². The topological polar surface area (TPSA) is 138 Å². The van der Waals surface area contributed by atoms with E-state index in [9.17, 15) is 9.59 Å². The van der Waals surface area contributed by atoms with Crippen LogP contribution in [-0.2, 0) is 7.05 Å². The summed E-state index contributed by atoms with van der Waals surface area (Å²) in [6, 6.07) is 16.7. The van der Waals surface area contributed by atoms with Crippen LogP contribution >= 0.6 is 0 Å². The van der Waals surface area contributed by atoms with Crippen molar-refractivity contribution in [2.45, 2.75) is 19.8 Å². The summed E-state index contributed by atoms with van der Waals surface area (Å²) in [7, 11) is 1.95. The second kappa shape index (κ2) is 10.8. The van der Waals surface area contributed by atoms with Crippen molar-refractivity contribution in [3.63, 3.8) is 0 Å². The number of amides is 1. The number of hydrogen-bond donors (Lipinski definition) is 2. The van der Waals surface area contributed by atoms with Gasteiger partial charge in [0.2, 0.25) is 0 Å². The van der Waals surface area contributed by atoms with Crippen molar-refractivity contribution in [3.05, 3.63) is 112 Å². The van der Waals surface area contributed by atoms with Gasteiger partial charge in [0.05, 0.1) is 28.5 Å². The molecule has 0 bridgehead atoms. The predicted octanol–water partition coefficient (Wildman–Crippen LogP) is 3.76. The molecule has 0 aliphatic heterocycles. The molecule has 6 rings (SSSR count). The van der Waals surface area contributed by atoms with E-state index < -0.39 is 5.91 Å². The van der Waals surface area contributed by atoms with Gasteiger partial charge in [-0.25, -0.2) is 19.5 Å². The summed E-state index contributed by atoms with van der Waals surface area (Å²) in [4.78, 5) is 41.0. The van der Waals surface area contributed by atoms with Crippen molar-refractivity contribution in [3.8, 4) is 5.69 Å². The molecule has 210 valence electrons. The number of carbonyl (C=O) groups is 1. The number of rotatable bonds is 7. The number of aromatic nitrogens is 7. The largest absolute Gasteiger partial charge is 0.381 e. The Morgan fingerprint density at radius 1 is 1.07 bits per heavy atom. The average Bonchev–Trinajstić information content (AvgIpc) is 3.51. The van der Waals surface area contributed by atoms with E-state index in [0.29, 0.717) is 28.1 Å². The number of para-hydroxylation sites is 1. The first-order valence-corrected chi connectivity index (χ1v) is 13.5. The van der Waals surface area contributed by atoms with Crippen LogP contribution in [0.3, 0.4) is 0 Å². The van der Waals surface area contributed by atoms with E-state index >= 15 is 0 Å². The number of carbonyl (C=O) groups excluding carboxylic acids is 1. The van der Waals surface area contributed by atoms with Crippen molar-refractivity contribution in [1.82, 2.24) is 39.0 Å². The van der Waals surface area contributed by atoms with Gasteiger partial charge in [-0.3, -0.25) is 14.2 Å². The number of nitrogens with two attached hydrogens (primary N) is 1. The van der Waals surface area contributed by atoms with E-state index in [1.54, 1.807) is 29.2 Å². The first-order valence-electron chi connectivity index (χ1n) is 13.5. The molecule has 0 aliphatic carbocycles. The molecule has 1 atom stereocenters. The molecule has 0 aliphatic rings. The number of nitrogens with one attached hydrogen (secondary N) is 1. The zero-order valence-corrected chi connectivity index (χ0v) is 23.4. The normalized spacial score (nSPS) is 12.4. The van der Waals surface area contributed by atoms with Gasteiger partial charge in [-0.05, 0) is 42.8 Å². The van der Waals surface area contributed by atoms with E-state index in [-0.39, 0.29) is 29.4 Å². The second-order valence-corrected chi connectivity index (χ2v) is 10.1.